The van der Waals surface area contributed by atoms with Crippen molar-refractivity contribution in [2.45, 2.75) is 6.18 Å². The van der Waals surface area contributed by atoms with Crippen LogP contribution in [0, 0.1) is 0 Å². The molecule has 9 heteroatoms. The highest BCUT2D eigenvalue weighted by molar-refractivity contribution is 6.04. The maximum atomic E-state index is 12.6. The number of rotatable bonds is 4. The number of furan rings is 1. The van der Waals surface area contributed by atoms with Crippen LogP contribution in [0.1, 0.15) is 15.9 Å². The number of nitrogens with one attached hydrogen (secondary N) is 1. The van der Waals surface area contributed by atoms with Crippen molar-refractivity contribution in [1.29, 1.82) is 0 Å². The lowest BCUT2D eigenvalue weighted by atomic mass is 10.1. The van der Waals surface area contributed by atoms with Gasteiger partial charge < -0.3 is 14.2 Å². The maximum absolute atomic E-state index is 12.6. The molecule has 0 fully saturated rings. The summed E-state index contributed by atoms with van der Waals surface area (Å²) in [4.78, 5) is 12.3. The van der Waals surface area contributed by atoms with E-state index in [1.165, 1.54) is 6.26 Å². The van der Waals surface area contributed by atoms with Crippen molar-refractivity contribution >= 4 is 11.6 Å². The third kappa shape index (κ3) is 4.03. The molecule has 0 saturated heterocycles. The summed E-state index contributed by atoms with van der Waals surface area (Å²) in [6, 6.07) is 14.0. The Morgan fingerprint density at radius 1 is 0.931 bits per heavy atom. The number of hydrogen-bond donors (Lipinski definition) is 1. The van der Waals surface area contributed by atoms with Crippen LogP contribution in [0.4, 0.5) is 18.9 Å². The fourth-order valence-corrected chi connectivity index (χ4v) is 2.58. The zero-order valence-corrected chi connectivity index (χ0v) is 14.6. The Hall–Kier alpha value is -3.88. The number of benzene rings is 2. The molecular formula is C20H12F3N3O3. The molecule has 0 aliphatic carbocycles. The first-order chi connectivity index (χ1) is 13.9. The van der Waals surface area contributed by atoms with Gasteiger partial charge in [0.25, 0.3) is 11.8 Å². The third-order valence-corrected chi connectivity index (χ3v) is 4.00. The highest BCUT2D eigenvalue weighted by Gasteiger charge is 2.30. The maximum Gasteiger partial charge on any atom is 0.416 e. The molecule has 0 aliphatic heterocycles. The second kappa shape index (κ2) is 7.27. The summed E-state index contributed by atoms with van der Waals surface area (Å²) < 4.78 is 48.7. The molecule has 0 spiro atoms. The monoisotopic (exact) mass is 399 g/mol. The summed E-state index contributed by atoms with van der Waals surface area (Å²) in [5, 5.41) is 10.5. The Morgan fingerprint density at radius 2 is 1.69 bits per heavy atom. The van der Waals surface area contributed by atoms with Crippen LogP contribution in [0.3, 0.4) is 0 Å². The van der Waals surface area contributed by atoms with Crippen molar-refractivity contribution in [2.24, 2.45) is 0 Å². The fourth-order valence-electron chi connectivity index (χ4n) is 2.58. The van der Waals surface area contributed by atoms with E-state index in [4.69, 9.17) is 8.83 Å². The van der Waals surface area contributed by atoms with Crippen LogP contribution < -0.4 is 5.32 Å². The van der Waals surface area contributed by atoms with E-state index >= 15 is 0 Å². The Bertz CT molecular complexity index is 1130. The molecule has 0 bridgehead atoms. The first kappa shape index (κ1) is 18.5. The predicted molar refractivity (Wildman–Crippen MR) is 96.8 cm³/mol. The van der Waals surface area contributed by atoms with E-state index in [2.05, 4.69) is 15.5 Å². The summed E-state index contributed by atoms with van der Waals surface area (Å²) in [6.45, 7) is 0. The number of hydrogen-bond acceptors (Lipinski definition) is 5. The van der Waals surface area contributed by atoms with Gasteiger partial charge in [-0.1, -0.05) is 6.07 Å². The third-order valence-electron chi connectivity index (χ3n) is 4.00. The molecule has 0 aliphatic rings. The second-order valence-electron chi connectivity index (χ2n) is 6.00. The summed E-state index contributed by atoms with van der Waals surface area (Å²) >= 11 is 0. The van der Waals surface area contributed by atoms with Crippen molar-refractivity contribution in [3.8, 4) is 23.1 Å². The summed E-state index contributed by atoms with van der Waals surface area (Å²) in [5.41, 5.74) is 0.256. The number of halogens is 3. The highest BCUT2D eigenvalue weighted by atomic mass is 19.4. The van der Waals surface area contributed by atoms with Crippen LogP contribution in [0.2, 0.25) is 0 Å². The number of carbonyl (C=O) groups excluding carboxylic acids is 1. The number of amides is 1. The van der Waals surface area contributed by atoms with E-state index in [-0.39, 0.29) is 17.3 Å². The van der Waals surface area contributed by atoms with Gasteiger partial charge in [-0.05, 0) is 54.6 Å². The van der Waals surface area contributed by atoms with Crippen molar-refractivity contribution in [2.75, 3.05) is 5.32 Å². The largest absolute Gasteiger partial charge is 0.459 e. The van der Waals surface area contributed by atoms with Crippen molar-refractivity contribution in [1.82, 2.24) is 10.2 Å². The SMILES string of the molecule is O=C(Nc1cccc(-c2nnc(-c3ccco3)o2)c1)c1ccc(C(F)(F)F)cc1. The number of alkyl halides is 3. The van der Waals surface area contributed by atoms with Gasteiger partial charge in [-0.25, -0.2) is 0 Å². The Labute approximate surface area is 162 Å². The molecule has 0 unspecified atom stereocenters. The van der Waals surface area contributed by atoms with Gasteiger partial charge in [-0.15, -0.1) is 10.2 Å². The van der Waals surface area contributed by atoms with E-state index in [1.54, 1.807) is 36.4 Å². The average Bonchev–Trinajstić information content (AvgIpc) is 3.39. The molecule has 1 amide bonds. The number of carbonyl (C=O) groups is 1. The lowest BCUT2D eigenvalue weighted by Crippen LogP contribution is -2.12. The van der Waals surface area contributed by atoms with E-state index in [0.29, 0.717) is 17.0 Å². The molecule has 0 atom stereocenters. The van der Waals surface area contributed by atoms with Gasteiger partial charge in [0.05, 0.1) is 11.8 Å². The van der Waals surface area contributed by atoms with Crippen LogP contribution in [0.15, 0.2) is 75.8 Å². The van der Waals surface area contributed by atoms with Gasteiger partial charge >= 0.3 is 6.18 Å². The number of nitrogens with zero attached hydrogens (tertiary/aromatic N) is 2. The lowest BCUT2D eigenvalue weighted by molar-refractivity contribution is -0.137. The van der Waals surface area contributed by atoms with E-state index in [1.807, 2.05) is 0 Å². The molecule has 2 aromatic carbocycles. The molecule has 4 aromatic rings. The van der Waals surface area contributed by atoms with Crippen molar-refractivity contribution < 1.29 is 26.8 Å². The van der Waals surface area contributed by atoms with E-state index < -0.39 is 17.6 Å². The zero-order valence-electron chi connectivity index (χ0n) is 14.6. The molecule has 29 heavy (non-hydrogen) atoms. The molecule has 6 nitrogen and oxygen atoms in total. The van der Waals surface area contributed by atoms with Crippen LogP contribution in [0.5, 0.6) is 0 Å². The van der Waals surface area contributed by atoms with Gasteiger partial charge in [0.2, 0.25) is 5.89 Å². The van der Waals surface area contributed by atoms with Gasteiger partial charge in [0.15, 0.2) is 5.76 Å². The molecular weight excluding hydrogens is 387 g/mol. The van der Waals surface area contributed by atoms with Crippen molar-refractivity contribution in [3.05, 3.63) is 78.1 Å². The second-order valence-corrected chi connectivity index (χ2v) is 6.00. The van der Waals surface area contributed by atoms with Gasteiger partial charge in [-0.3, -0.25) is 4.79 Å². The Morgan fingerprint density at radius 3 is 2.38 bits per heavy atom. The number of anilines is 1. The van der Waals surface area contributed by atoms with Crippen LogP contribution in [-0.4, -0.2) is 16.1 Å². The Balaban J connectivity index is 1.51. The lowest BCUT2D eigenvalue weighted by Gasteiger charge is -2.09. The minimum absolute atomic E-state index is 0.0984. The van der Waals surface area contributed by atoms with Crippen molar-refractivity contribution in [3.63, 3.8) is 0 Å². The quantitative estimate of drug-likeness (QED) is 0.506. The normalized spacial score (nSPS) is 11.4. The summed E-state index contributed by atoms with van der Waals surface area (Å²) in [6.07, 6.45) is -2.97. The van der Waals surface area contributed by atoms with Gasteiger partial charge in [-0.2, -0.15) is 13.2 Å². The molecule has 0 saturated carbocycles. The topological polar surface area (TPSA) is 81.2 Å². The summed E-state index contributed by atoms with van der Waals surface area (Å²) in [7, 11) is 0. The van der Waals surface area contributed by atoms with Gasteiger partial charge in [0, 0.05) is 16.8 Å². The first-order valence-corrected chi connectivity index (χ1v) is 8.36. The molecule has 4 rings (SSSR count). The van der Waals surface area contributed by atoms with Gasteiger partial charge in [0.1, 0.15) is 0 Å². The van der Waals surface area contributed by atoms with Crippen LogP contribution in [-0.2, 0) is 6.18 Å². The predicted octanol–water partition coefficient (Wildman–Crippen LogP) is 5.27. The van der Waals surface area contributed by atoms with Crippen LogP contribution >= 0.6 is 0 Å². The number of aromatic nitrogens is 2. The van der Waals surface area contributed by atoms with E-state index in [0.717, 1.165) is 24.3 Å². The standard InChI is InChI=1S/C20H12F3N3O3/c21-20(22,23)14-8-6-12(7-9-14)17(27)24-15-4-1-3-13(11-15)18-25-26-19(29-18)16-5-2-10-28-16/h1-11H,(H,24,27). The molecule has 2 aromatic heterocycles. The fraction of sp³-hybridized carbons (Fsp3) is 0.0500. The smallest absolute Gasteiger partial charge is 0.416 e. The Kier molecular flexibility index (Phi) is 4.63. The first-order valence-electron chi connectivity index (χ1n) is 8.36. The highest BCUT2D eigenvalue weighted by Crippen LogP contribution is 2.29. The zero-order chi connectivity index (χ0) is 20.4. The average molecular weight is 399 g/mol. The molecule has 146 valence electrons. The summed E-state index contributed by atoms with van der Waals surface area (Å²) in [5.74, 6) is 0.319. The van der Waals surface area contributed by atoms with Crippen LogP contribution in [0.25, 0.3) is 23.1 Å². The molecule has 2 heterocycles. The minimum atomic E-state index is -4.46. The molecule has 1 N–H and O–H groups in total. The van der Waals surface area contributed by atoms with E-state index in [9.17, 15) is 18.0 Å². The minimum Gasteiger partial charge on any atom is -0.459 e. The molecule has 0 radical (unpaired) electrons.